The molecule has 30 heavy (non-hydrogen) atoms. The number of ketones is 1. The lowest BCUT2D eigenvalue weighted by molar-refractivity contribution is -0.116. The summed E-state index contributed by atoms with van der Waals surface area (Å²) in [6.45, 7) is 7.47. The number of nitrogens with zero attached hydrogens (tertiary/aromatic N) is 1. The maximum Gasteiger partial charge on any atom is 0.251 e. The zero-order chi connectivity index (χ0) is 21.9. The van der Waals surface area contributed by atoms with Gasteiger partial charge in [-0.15, -0.1) is 0 Å². The van der Waals surface area contributed by atoms with Crippen LogP contribution in [0.4, 0.5) is 5.69 Å². The fourth-order valence-corrected chi connectivity index (χ4v) is 3.03. The van der Waals surface area contributed by atoms with Crippen molar-refractivity contribution < 1.29 is 14.4 Å². The van der Waals surface area contributed by atoms with E-state index in [1.165, 1.54) is 0 Å². The Balaban J connectivity index is 1.77. The van der Waals surface area contributed by atoms with Crippen molar-refractivity contribution in [1.29, 1.82) is 0 Å². The third-order valence-corrected chi connectivity index (χ3v) is 5.04. The Hall–Kier alpha value is -2.70. The minimum Gasteiger partial charge on any atom is -0.351 e. The zero-order valence-corrected chi connectivity index (χ0v) is 18.2. The molecule has 2 aromatic rings. The van der Waals surface area contributed by atoms with Gasteiger partial charge in [0.05, 0.1) is 0 Å². The molecule has 0 spiro atoms. The van der Waals surface area contributed by atoms with Gasteiger partial charge in [-0.05, 0) is 61.6 Å². The quantitative estimate of drug-likeness (QED) is 0.529. The third-order valence-electron chi connectivity index (χ3n) is 4.78. The number of hydrogen-bond acceptors (Lipinski definition) is 4. The highest BCUT2D eigenvalue weighted by atomic mass is 35.5. The van der Waals surface area contributed by atoms with Crippen LogP contribution in [0.5, 0.6) is 0 Å². The van der Waals surface area contributed by atoms with E-state index in [-0.39, 0.29) is 30.4 Å². The largest absolute Gasteiger partial charge is 0.351 e. The van der Waals surface area contributed by atoms with E-state index < -0.39 is 0 Å². The maximum atomic E-state index is 12.2. The molecule has 0 aliphatic heterocycles. The van der Waals surface area contributed by atoms with Gasteiger partial charge >= 0.3 is 0 Å². The SMILES string of the molecule is CCN(CC)CCNC(=O)c1ccc(NC(=O)CCC(=O)c2ccc(Cl)cc2)cc1. The number of anilines is 1. The molecular weight excluding hydrogens is 402 g/mol. The predicted octanol–water partition coefficient (Wildman–Crippen LogP) is 4.01. The van der Waals surface area contributed by atoms with Crippen molar-refractivity contribution in [3.63, 3.8) is 0 Å². The molecule has 0 saturated heterocycles. The third kappa shape index (κ3) is 7.61. The van der Waals surface area contributed by atoms with Crippen molar-refractivity contribution in [3.05, 3.63) is 64.7 Å². The Kier molecular flexibility index (Phi) is 9.51. The van der Waals surface area contributed by atoms with Gasteiger partial charge in [-0.3, -0.25) is 14.4 Å². The van der Waals surface area contributed by atoms with Gasteiger partial charge in [0.1, 0.15) is 0 Å². The van der Waals surface area contributed by atoms with Crippen LogP contribution < -0.4 is 10.6 Å². The van der Waals surface area contributed by atoms with E-state index in [1.54, 1.807) is 48.5 Å². The molecule has 0 unspecified atom stereocenters. The molecule has 160 valence electrons. The number of rotatable bonds is 11. The van der Waals surface area contributed by atoms with Crippen LogP contribution in [-0.4, -0.2) is 48.7 Å². The molecule has 0 bridgehead atoms. The van der Waals surface area contributed by atoms with Gasteiger partial charge in [0, 0.05) is 47.8 Å². The van der Waals surface area contributed by atoms with E-state index >= 15 is 0 Å². The van der Waals surface area contributed by atoms with Crippen LogP contribution in [0.15, 0.2) is 48.5 Å². The standard InChI is InChI=1S/C23H28ClN3O3/c1-3-27(4-2)16-15-25-23(30)18-7-11-20(12-8-18)26-22(29)14-13-21(28)17-5-9-19(24)10-6-17/h5-12H,3-4,13-16H2,1-2H3,(H,25,30)(H,26,29). The summed E-state index contributed by atoms with van der Waals surface area (Å²) in [4.78, 5) is 38.7. The fraction of sp³-hybridized carbons (Fsp3) is 0.348. The molecule has 0 aliphatic carbocycles. The summed E-state index contributed by atoms with van der Waals surface area (Å²) in [5.74, 6) is -0.513. The number of likely N-dealkylation sites (N-methyl/N-ethyl adjacent to an activating group) is 1. The number of amides is 2. The first-order valence-corrected chi connectivity index (χ1v) is 10.5. The number of nitrogens with one attached hydrogen (secondary N) is 2. The van der Waals surface area contributed by atoms with Gasteiger partial charge in [-0.2, -0.15) is 0 Å². The van der Waals surface area contributed by atoms with Crippen molar-refractivity contribution in [1.82, 2.24) is 10.2 Å². The Labute approximate surface area is 182 Å². The Morgan fingerprint density at radius 3 is 2.07 bits per heavy atom. The van der Waals surface area contributed by atoms with Gasteiger partial charge in [0.25, 0.3) is 5.91 Å². The molecule has 7 heteroatoms. The number of carbonyl (C=O) groups is 3. The molecule has 2 rings (SSSR count). The summed E-state index contributed by atoms with van der Waals surface area (Å²) in [5, 5.41) is 6.20. The Bertz CT molecular complexity index is 847. The maximum absolute atomic E-state index is 12.2. The molecule has 0 aliphatic rings. The van der Waals surface area contributed by atoms with Gasteiger partial charge in [-0.25, -0.2) is 0 Å². The molecule has 0 radical (unpaired) electrons. The first-order valence-electron chi connectivity index (χ1n) is 10.1. The summed E-state index contributed by atoms with van der Waals surface area (Å²) < 4.78 is 0. The van der Waals surface area contributed by atoms with Gasteiger partial charge < -0.3 is 15.5 Å². The predicted molar refractivity (Wildman–Crippen MR) is 120 cm³/mol. The second-order valence-electron chi connectivity index (χ2n) is 6.84. The topological polar surface area (TPSA) is 78.5 Å². The first kappa shape index (κ1) is 23.6. The molecule has 2 N–H and O–H groups in total. The molecule has 0 fully saturated rings. The van der Waals surface area contributed by atoms with Crippen molar-refractivity contribution >= 4 is 34.9 Å². The van der Waals surface area contributed by atoms with Crippen molar-refractivity contribution in [2.75, 3.05) is 31.5 Å². The molecule has 6 nitrogen and oxygen atoms in total. The van der Waals surface area contributed by atoms with E-state index in [0.717, 1.165) is 19.6 Å². The summed E-state index contributed by atoms with van der Waals surface area (Å²) in [6, 6.07) is 13.3. The zero-order valence-electron chi connectivity index (χ0n) is 17.4. The van der Waals surface area contributed by atoms with Crippen LogP contribution in [0.3, 0.4) is 0 Å². The minimum atomic E-state index is -0.256. The summed E-state index contributed by atoms with van der Waals surface area (Å²) in [5.41, 5.74) is 1.65. The lowest BCUT2D eigenvalue weighted by Gasteiger charge is -2.18. The summed E-state index contributed by atoms with van der Waals surface area (Å²) >= 11 is 5.81. The summed E-state index contributed by atoms with van der Waals surface area (Å²) in [7, 11) is 0. The van der Waals surface area contributed by atoms with E-state index in [4.69, 9.17) is 11.6 Å². The van der Waals surface area contributed by atoms with Crippen LogP contribution in [0.25, 0.3) is 0 Å². The van der Waals surface area contributed by atoms with Crippen molar-refractivity contribution in [3.8, 4) is 0 Å². The Morgan fingerprint density at radius 2 is 1.47 bits per heavy atom. The average molecular weight is 430 g/mol. The highest BCUT2D eigenvalue weighted by molar-refractivity contribution is 6.30. The van der Waals surface area contributed by atoms with Crippen molar-refractivity contribution in [2.24, 2.45) is 0 Å². The van der Waals surface area contributed by atoms with E-state index in [9.17, 15) is 14.4 Å². The molecule has 2 amide bonds. The number of benzene rings is 2. The number of hydrogen-bond donors (Lipinski definition) is 2. The van der Waals surface area contributed by atoms with Crippen LogP contribution in [-0.2, 0) is 4.79 Å². The fourth-order valence-electron chi connectivity index (χ4n) is 2.91. The molecule has 0 saturated carbocycles. The lowest BCUT2D eigenvalue weighted by Crippen LogP contribution is -2.34. The number of carbonyl (C=O) groups excluding carboxylic acids is 3. The van der Waals surface area contributed by atoms with Crippen LogP contribution in [0.2, 0.25) is 5.02 Å². The number of halogens is 1. The lowest BCUT2D eigenvalue weighted by atomic mass is 10.1. The first-order chi connectivity index (χ1) is 14.4. The van der Waals surface area contributed by atoms with Crippen LogP contribution in [0, 0.1) is 0 Å². The molecule has 0 aromatic heterocycles. The highest BCUT2D eigenvalue weighted by Gasteiger charge is 2.11. The molecular formula is C23H28ClN3O3. The van der Waals surface area contributed by atoms with Crippen LogP contribution in [0.1, 0.15) is 47.4 Å². The monoisotopic (exact) mass is 429 g/mol. The molecule has 0 atom stereocenters. The van der Waals surface area contributed by atoms with E-state index in [0.29, 0.717) is 28.4 Å². The van der Waals surface area contributed by atoms with Gasteiger partial charge in [0.15, 0.2) is 5.78 Å². The highest BCUT2D eigenvalue weighted by Crippen LogP contribution is 2.13. The smallest absolute Gasteiger partial charge is 0.251 e. The second-order valence-corrected chi connectivity index (χ2v) is 7.27. The number of Topliss-reactive ketones (excluding diaryl/α,β-unsaturated/α-hetero) is 1. The van der Waals surface area contributed by atoms with Crippen LogP contribution >= 0.6 is 11.6 Å². The minimum absolute atomic E-state index is 0.0784. The summed E-state index contributed by atoms with van der Waals surface area (Å²) in [6.07, 6.45) is 0.190. The van der Waals surface area contributed by atoms with Gasteiger partial charge in [0.2, 0.25) is 5.91 Å². The molecule has 0 heterocycles. The van der Waals surface area contributed by atoms with E-state index in [1.807, 2.05) is 0 Å². The normalized spacial score (nSPS) is 10.7. The average Bonchev–Trinajstić information content (AvgIpc) is 2.76. The van der Waals surface area contributed by atoms with Crippen molar-refractivity contribution in [2.45, 2.75) is 26.7 Å². The van der Waals surface area contributed by atoms with E-state index in [2.05, 4.69) is 29.4 Å². The molecule has 2 aromatic carbocycles. The Morgan fingerprint density at radius 1 is 0.867 bits per heavy atom. The second kappa shape index (κ2) is 12.1. The van der Waals surface area contributed by atoms with Gasteiger partial charge in [-0.1, -0.05) is 25.4 Å².